The first-order valence-electron chi connectivity index (χ1n) is 17.6. The van der Waals surface area contributed by atoms with Crippen LogP contribution >= 0.6 is 0 Å². The summed E-state index contributed by atoms with van der Waals surface area (Å²) in [6.45, 7) is 0. The van der Waals surface area contributed by atoms with E-state index in [0.29, 0.717) is 23.4 Å². The number of benzene rings is 8. The third-order valence-corrected chi connectivity index (χ3v) is 9.75. The minimum Gasteiger partial charge on any atom is -0.436 e. The molecule has 10 aromatic rings. The lowest BCUT2D eigenvalue weighted by Crippen LogP contribution is -2.01. The smallest absolute Gasteiger partial charge is 0.227 e. The Kier molecular flexibility index (Phi) is 7.40. The molecule has 248 valence electrons. The van der Waals surface area contributed by atoms with Crippen LogP contribution in [0.5, 0.6) is 0 Å². The fourth-order valence-corrected chi connectivity index (χ4v) is 7.15. The lowest BCUT2D eigenvalue weighted by atomic mass is 9.95. The van der Waals surface area contributed by atoms with E-state index in [1.807, 2.05) is 78.9 Å². The molecule has 53 heavy (non-hydrogen) atoms. The highest BCUT2D eigenvalue weighted by atomic mass is 16.3. The fraction of sp³-hybridized carbons (Fsp3) is 0. The maximum atomic E-state index is 6.25. The molecule has 0 N–H and O–H groups in total. The molecule has 0 aliphatic carbocycles. The number of hydrogen-bond acceptors (Lipinski definition) is 5. The van der Waals surface area contributed by atoms with Gasteiger partial charge in [-0.05, 0) is 68.7 Å². The molecule has 0 saturated heterocycles. The maximum Gasteiger partial charge on any atom is 0.227 e. The molecule has 2 aromatic heterocycles. The van der Waals surface area contributed by atoms with Gasteiger partial charge in [0.1, 0.15) is 5.52 Å². The summed E-state index contributed by atoms with van der Waals surface area (Å²) < 4.78 is 6.25. The van der Waals surface area contributed by atoms with Gasteiger partial charge in [0.2, 0.25) is 5.89 Å². The average Bonchev–Trinajstić information content (AvgIpc) is 3.69. The highest BCUT2D eigenvalue weighted by Crippen LogP contribution is 2.38. The Morgan fingerprint density at radius 3 is 1.60 bits per heavy atom. The van der Waals surface area contributed by atoms with Gasteiger partial charge in [-0.25, -0.2) is 19.9 Å². The number of fused-ring (bicyclic) bond motifs is 4. The van der Waals surface area contributed by atoms with Crippen LogP contribution in [0.3, 0.4) is 0 Å². The zero-order valence-corrected chi connectivity index (χ0v) is 28.5. The van der Waals surface area contributed by atoms with Gasteiger partial charge in [-0.15, -0.1) is 0 Å². The van der Waals surface area contributed by atoms with Crippen molar-refractivity contribution in [3.05, 3.63) is 182 Å². The molecule has 0 unspecified atom stereocenters. The van der Waals surface area contributed by atoms with E-state index in [9.17, 15) is 0 Å². The summed E-state index contributed by atoms with van der Waals surface area (Å²) in [4.78, 5) is 20.2. The molecular weight excluding hydrogens is 649 g/mol. The SMILES string of the molecule is c1ccc(-c2nc(-c3ccc4cc(-c5cccc6ccc7oc(-c8ccccc8)nc7c56)ccc4c3)nc(-c3ccccc3-c3ccccc3)n2)cc1. The second-order valence-corrected chi connectivity index (χ2v) is 13.1. The molecule has 2 heterocycles. The van der Waals surface area contributed by atoms with E-state index in [4.69, 9.17) is 24.4 Å². The zero-order valence-electron chi connectivity index (χ0n) is 28.5. The third-order valence-electron chi connectivity index (χ3n) is 9.75. The van der Waals surface area contributed by atoms with Crippen molar-refractivity contribution in [2.45, 2.75) is 0 Å². The number of aromatic nitrogens is 4. The van der Waals surface area contributed by atoms with Crippen LogP contribution in [0, 0.1) is 0 Å². The van der Waals surface area contributed by atoms with Crippen molar-refractivity contribution >= 4 is 32.6 Å². The van der Waals surface area contributed by atoms with Crippen LogP contribution < -0.4 is 0 Å². The molecule has 0 amide bonds. The summed E-state index contributed by atoms with van der Waals surface area (Å²) in [6, 6.07) is 62.4. The first kappa shape index (κ1) is 30.6. The first-order chi connectivity index (χ1) is 26.2. The predicted octanol–water partition coefficient (Wildman–Crippen LogP) is 12.3. The monoisotopic (exact) mass is 678 g/mol. The summed E-state index contributed by atoms with van der Waals surface area (Å²) in [5.41, 5.74) is 9.81. The van der Waals surface area contributed by atoms with Gasteiger partial charge in [0.05, 0.1) is 0 Å². The normalized spacial score (nSPS) is 11.4. The molecule has 5 heteroatoms. The maximum absolute atomic E-state index is 6.25. The van der Waals surface area contributed by atoms with Gasteiger partial charge in [-0.3, -0.25) is 0 Å². The largest absolute Gasteiger partial charge is 0.436 e. The summed E-state index contributed by atoms with van der Waals surface area (Å²) in [6.07, 6.45) is 0. The fourth-order valence-electron chi connectivity index (χ4n) is 7.15. The number of nitrogens with zero attached hydrogens (tertiary/aromatic N) is 4. The predicted molar refractivity (Wildman–Crippen MR) is 215 cm³/mol. The van der Waals surface area contributed by atoms with E-state index < -0.39 is 0 Å². The van der Waals surface area contributed by atoms with Gasteiger partial charge in [-0.1, -0.05) is 152 Å². The summed E-state index contributed by atoms with van der Waals surface area (Å²) in [7, 11) is 0. The van der Waals surface area contributed by atoms with E-state index in [0.717, 1.165) is 77.2 Å². The molecule has 0 saturated carbocycles. The molecule has 10 rings (SSSR count). The van der Waals surface area contributed by atoms with E-state index in [-0.39, 0.29) is 0 Å². The highest BCUT2D eigenvalue weighted by molar-refractivity contribution is 6.12. The van der Waals surface area contributed by atoms with E-state index >= 15 is 0 Å². The van der Waals surface area contributed by atoms with Crippen molar-refractivity contribution in [1.82, 2.24) is 19.9 Å². The Balaban J connectivity index is 1.08. The molecule has 0 spiro atoms. The molecular formula is C48H30N4O. The minimum atomic E-state index is 0.620. The Bertz CT molecular complexity index is 2940. The van der Waals surface area contributed by atoms with Gasteiger partial charge in [-0.2, -0.15) is 0 Å². The van der Waals surface area contributed by atoms with Crippen molar-refractivity contribution in [3.63, 3.8) is 0 Å². The molecule has 0 aliphatic heterocycles. The Morgan fingerprint density at radius 2 is 0.868 bits per heavy atom. The quantitative estimate of drug-likeness (QED) is 0.175. The van der Waals surface area contributed by atoms with Crippen molar-refractivity contribution in [3.8, 4) is 67.9 Å². The van der Waals surface area contributed by atoms with Crippen molar-refractivity contribution in [2.24, 2.45) is 0 Å². The van der Waals surface area contributed by atoms with Gasteiger partial charge in [0, 0.05) is 27.6 Å². The van der Waals surface area contributed by atoms with Crippen LogP contribution in [-0.4, -0.2) is 19.9 Å². The van der Waals surface area contributed by atoms with E-state index in [1.54, 1.807) is 0 Å². The Labute approximate surface area is 305 Å². The third kappa shape index (κ3) is 5.61. The topological polar surface area (TPSA) is 64.7 Å². The van der Waals surface area contributed by atoms with Crippen molar-refractivity contribution in [2.75, 3.05) is 0 Å². The molecule has 0 radical (unpaired) electrons. The van der Waals surface area contributed by atoms with Gasteiger partial charge < -0.3 is 4.42 Å². The summed E-state index contributed by atoms with van der Waals surface area (Å²) in [5.74, 6) is 2.51. The Hall–Kier alpha value is -7.24. The lowest BCUT2D eigenvalue weighted by molar-refractivity contribution is 0.620. The molecule has 0 fully saturated rings. The van der Waals surface area contributed by atoms with Gasteiger partial charge >= 0.3 is 0 Å². The van der Waals surface area contributed by atoms with Crippen LogP contribution in [0.15, 0.2) is 186 Å². The first-order valence-corrected chi connectivity index (χ1v) is 17.6. The van der Waals surface area contributed by atoms with Crippen molar-refractivity contribution < 1.29 is 4.42 Å². The summed E-state index contributed by atoms with van der Waals surface area (Å²) in [5, 5.41) is 4.41. The number of oxazole rings is 1. The summed E-state index contributed by atoms with van der Waals surface area (Å²) >= 11 is 0. The molecule has 0 atom stereocenters. The van der Waals surface area contributed by atoms with Crippen LogP contribution in [0.25, 0.3) is 101 Å². The minimum absolute atomic E-state index is 0.620. The molecule has 0 bridgehead atoms. The molecule has 0 aliphatic rings. The molecule has 8 aromatic carbocycles. The van der Waals surface area contributed by atoms with Crippen LogP contribution in [0.1, 0.15) is 0 Å². The van der Waals surface area contributed by atoms with Gasteiger partial charge in [0.15, 0.2) is 23.1 Å². The number of rotatable bonds is 6. The van der Waals surface area contributed by atoms with E-state index in [1.165, 1.54) is 0 Å². The second kappa shape index (κ2) is 12.8. The average molecular weight is 679 g/mol. The van der Waals surface area contributed by atoms with Crippen molar-refractivity contribution in [1.29, 1.82) is 0 Å². The second-order valence-electron chi connectivity index (χ2n) is 13.1. The van der Waals surface area contributed by atoms with E-state index in [2.05, 4.69) is 103 Å². The lowest BCUT2D eigenvalue weighted by Gasteiger charge is -2.12. The molecule has 5 nitrogen and oxygen atoms in total. The van der Waals surface area contributed by atoms with Crippen LogP contribution in [-0.2, 0) is 0 Å². The standard InChI is InChI=1S/C48H30N4O/c1-4-13-31(14-5-1)39-20-10-11-21-41(39)47-51-45(33-15-6-2-7-16-33)50-46(52-47)38-26-24-35-29-37(25-23-36(35)30-38)40-22-12-19-32-27-28-42-44(43(32)40)49-48(53-42)34-17-8-3-9-18-34/h1-30H. The van der Waals surface area contributed by atoms with Crippen LogP contribution in [0.2, 0.25) is 0 Å². The Morgan fingerprint density at radius 1 is 0.321 bits per heavy atom. The highest BCUT2D eigenvalue weighted by Gasteiger charge is 2.17. The van der Waals surface area contributed by atoms with Crippen LogP contribution in [0.4, 0.5) is 0 Å². The van der Waals surface area contributed by atoms with Gasteiger partial charge in [0.25, 0.3) is 0 Å². The zero-order chi connectivity index (χ0) is 35.1. The number of hydrogen-bond donors (Lipinski definition) is 0.